The van der Waals surface area contributed by atoms with E-state index in [0.29, 0.717) is 5.92 Å². The van der Waals surface area contributed by atoms with Crippen LogP contribution in [0.15, 0.2) is 12.2 Å². The minimum Gasteiger partial charge on any atom is -0.352 e. The van der Waals surface area contributed by atoms with E-state index in [1.165, 1.54) is 0 Å². The number of nitrogens with one attached hydrogen (secondary N) is 1. The number of terminal acetylenes is 1. The number of unbranched alkanes of at least 4 members (excludes halogenated alkanes) is 2. The third-order valence-corrected chi connectivity index (χ3v) is 1.79. The smallest absolute Gasteiger partial charge is 0.243 e. The molecule has 0 radical (unpaired) electrons. The summed E-state index contributed by atoms with van der Waals surface area (Å²) in [6, 6.07) is 0. The van der Waals surface area contributed by atoms with E-state index in [9.17, 15) is 4.79 Å². The van der Waals surface area contributed by atoms with Crippen LogP contribution in [0.3, 0.4) is 0 Å². The van der Waals surface area contributed by atoms with Crippen LogP contribution in [0.1, 0.15) is 33.1 Å². The normalized spacial score (nSPS) is 9.62. The number of rotatable bonds is 6. The van der Waals surface area contributed by atoms with Crippen LogP contribution in [-0.4, -0.2) is 12.5 Å². The molecule has 16 heavy (non-hydrogen) atoms. The van der Waals surface area contributed by atoms with Crippen LogP contribution >= 0.6 is 0 Å². The standard InChI is InChI=1S/C14H19NO/c1-4-5-6-7-8-9-10-11-14(16)15-12-13(2)3/h1,10-11,13H,7-9,12H2,2-3H3,(H,15,16). The lowest BCUT2D eigenvalue weighted by molar-refractivity contribution is -0.116. The Kier molecular flexibility index (Phi) is 8.84. The lowest BCUT2D eigenvalue weighted by Crippen LogP contribution is -2.25. The van der Waals surface area contributed by atoms with Crippen LogP contribution in [0.25, 0.3) is 0 Å². The van der Waals surface area contributed by atoms with Gasteiger partial charge in [0.15, 0.2) is 0 Å². The fraction of sp³-hybridized carbons (Fsp3) is 0.500. The van der Waals surface area contributed by atoms with Gasteiger partial charge in [-0.3, -0.25) is 4.79 Å². The molecular weight excluding hydrogens is 198 g/mol. The number of carbonyl (C=O) groups is 1. The van der Waals surface area contributed by atoms with Gasteiger partial charge in [-0.25, -0.2) is 0 Å². The zero-order valence-corrected chi connectivity index (χ0v) is 10.0. The zero-order chi connectivity index (χ0) is 12.2. The van der Waals surface area contributed by atoms with E-state index < -0.39 is 0 Å². The molecule has 0 bridgehead atoms. The molecule has 0 saturated heterocycles. The van der Waals surface area contributed by atoms with Crippen LogP contribution in [0.2, 0.25) is 0 Å². The summed E-state index contributed by atoms with van der Waals surface area (Å²) in [4.78, 5) is 11.2. The maximum atomic E-state index is 11.2. The Morgan fingerprint density at radius 1 is 1.50 bits per heavy atom. The highest BCUT2D eigenvalue weighted by Crippen LogP contribution is 1.95. The molecule has 0 aliphatic heterocycles. The van der Waals surface area contributed by atoms with Crippen LogP contribution in [-0.2, 0) is 4.79 Å². The van der Waals surface area contributed by atoms with E-state index in [4.69, 9.17) is 6.42 Å². The molecule has 0 saturated carbocycles. The number of allylic oxidation sites excluding steroid dienone is 1. The Labute approximate surface area is 98.5 Å². The van der Waals surface area contributed by atoms with E-state index in [-0.39, 0.29) is 5.91 Å². The third kappa shape index (κ3) is 10.4. The molecule has 0 heterocycles. The van der Waals surface area contributed by atoms with Gasteiger partial charge in [0.2, 0.25) is 5.91 Å². The topological polar surface area (TPSA) is 29.1 Å². The summed E-state index contributed by atoms with van der Waals surface area (Å²) in [5.74, 6) is 8.12. The second-order valence-electron chi connectivity index (χ2n) is 3.88. The maximum absolute atomic E-state index is 11.2. The Hall–Kier alpha value is -1.67. The molecule has 0 aliphatic rings. The predicted octanol–water partition coefficient (Wildman–Crippen LogP) is 2.12. The summed E-state index contributed by atoms with van der Waals surface area (Å²) < 4.78 is 0. The number of hydrogen-bond acceptors (Lipinski definition) is 1. The van der Waals surface area contributed by atoms with Gasteiger partial charge in [-0.2, -0.15) is 0 Å². The van der Waals surface area contributed by atoms with Gasteiger partial charge in [0.05, 0.1) is 0 Å². The van der Waals surface area contributed by atoms with Crippen LogP contribution in [0.5, 0.6) is 0 Å². The van der Waals surface area contributed by atoms with Crippen LogP contribution in [0.4, 0.5) is 0 Å². The van der Waals surface area contributed by atoms with E-state index in [0.717, 1.165) is 25.8 Å². The van der Waals surface area contributed by atoms with Gasteiger partial charge in [0.25, 0.3) is 0 Å². The maximum Gasteiger partial charge on any atom is 0.243 e. The van der Waals surface area contributed by atoms with E-state index in [1.54, 1.807) is 6.08 Å². The Bertz CT molecular complexity index is 323. The molecule has 2 nitrogen and oxygen atoms in total. The van der Waals surface area contributed by atoms with Gasteiger partial charge < -0.3 is 5.32 Å². The van der Waals surface area contributed by atoms with Crippen molar-refractivity contribution in [2.24, 2.45) is 5.92 Å². The van der Waals surface area contributed by atoms with Crippen molar-refractivity contribution in [3.8, 4) is 24.2 Å². The molecule has 1 amide bonds. The fourth-order valence-electron chi connectivity index (χ4n) is 0.976. The zero-order valence-electron chi connectivity index (χ0n) is 10.0. The molecule has 0 aliphatic carbocycles. The van der Waals surface area contributed by atoms with Gasteiger partial charge in [0.1, 0.15) is 0 Å². The van der Waals surface area contributed by atoms with Gasteiger partial charge in [0, 0.05) is 13.0 Å². The van der Waals surface area contributed by atoms with Gasteiger partial charge in [-0.1, -0.05) is 25.8 Å². The van der Waals surface area contributed by atoms with Crippen molar-refractivity contribution in [2.75, 3.05) is 6.54 Å². The SMILES string of the molecule is C#CC#CCCCC=CC(=O)NCC(C)C. The Morgan fingerprint density at radius 2 is 2.25 bits per heavy atom. The largest absolute Gasteiger partial charge is 0.352 e. The molecule has 0 aromatic carbocycles. The predicted molar refractivity (Wildman–Crippen MR) is 67.4 cm³/mol. The highest BCUT2D eigenvalue weighted by molar-refractivity contribution is 5.87. The third-order valence-electron chi connectivity index (χ3n) is 1.79. The van der Waals surface area contributed by atoms with Gasteiger partial charge in [-0.05, 0) is 36.7 Å². The first-order chi connectivity index (χ1) is 7.66. The number of hydrogen-bond donors (Lipinski definition) is 1. The number of carbonyl (C=O) groups excluding carboxylic acids is 1. The van der Waals surface area contributed by atoms with Crippen molar-refractivity contribution in [1.29, 1.82) is 0 Å². The summed E-state index contributed by atoms with van der Waals surface area (Å²) in [5, 5.41) is 2.81. The average molecular weight is 217 g/mol. The van der Waals surface area contributed by atoms with Crippen LogP contribution < -0.4 is 5.32 Å². The lowest BCUT2D eigenvalue weighted by Gasteiger charge is -2.03. The molecule has 0 aromatic rings. The number of amides is 1. The van der Waals surface area contributed by atoms with Crippen molar-refractivity contribution >= 4 is 5.91 Å². The van der Waals surface area contributed by atoms with Crippen LogP contribution in [0, 0.1) is 30.1 Å². The molecule has 0 atom stereocenters. The van der Waals surface area contributed by atoms with Crippen molar-refractivity contribution in [1.82, 2.24) is 5.32 Å². The summed E-state index contributed by atoms with van der Waals surface area (Å²) in [6.07, 6.45) is 11.0. The van der Waals surface area contributed by atoms with E-state index >= 15 is 0 Å². The summed E-state index contributed by atoms with van der Waals surface area (Å²) in [7, 11) is 0. The summed E-state index contributed by atoms with van der Waals surface area (Å²) >= 11 is 0. The van der Waals surface area contributed by atoms with E-state index in [1.807, 2.05) is 6.08 Å². The Balaban J connectivity index is 3.53. The second kappa shape index (κ2) is 9.87. The molecule has 86 valence electrons. The molecular formula is C14H19NO. The Morgan fingerprint density at radius 3 is 2.88 bits per heavy atom. The lowest BCUT2D eigenvalue weighted by atomic mass is 10.2. The first kappa shape index (κ1) is 14.3. The molecule has 1 N–H and O–H groups in total. The van der Waals surface area contributed by atoms with E-state index in [2.05, 4.69) is 36.9 Å². The summed E-state index contributed by atoms with van der Waals surface area (Å²) in [6.45, 7) is 4.85. The van der Waals surface area contributed by atoms with Crippen molar-refractivity contribution < 1.29 is 4.79 Å². The first-order valence-electron chi connectivity index (χ1n) is 5.54. The molecule has 2 heteroatoms. The quantitative estimate of drug-likeness (QED) is 0.412. The average Bonchev–Trinajstić information content (AvgIpc) is 2.25. The fourth-order valence-corrected chi connectivity index (χ4v) is 0.976. The highest BCUT2D eigenvalue weighted by atomic mass is 16.1. The molecule has 0 aromatic heterocycles. The minimum absolute atomic E-state index is 0.0246. The first-order valence-corrected chi connectivity index (χ1v) is 5.54. The van der Waals surface area contributed by atoms with Crippen molar-refractivity contribution in [3.63, 3.8) is 0 Å². The molecule has 0 rings (SSSR count). The highest BCUT2D eigenvalue weighted by Gasteiger charge is 1.96. The second-order valence-corrected chi connectivity index (χ2v) is 3.88. The monoisotopic (exact) mass is 217 g/mol. The van der Waals surface area contributed by atoms with Crippen molar-refractivity contribution in [3.05, 3.63) is 12.2 Å². The van der Waals surface area contributed by atoms with Gasteiger partial charge >= 0.3 is 0 Å². The minimum atomic E-state index is -0.0246. The molecule has 0 fully saturated rings. The van der Waals surface area contributed by atoms with Crippen molar-refractivity contribution in [2.45, 2.75) is 33.1 Å². The van der Waals surface area contributed by atoms with Gasteiger partial charge in [-0.15, -0.1) is 6.42 Å². The molecule has 0 unspecified atom stereocenters. The summed E-state index contributed by atoms with van der Waals surface area (Å²) in [5.41, 5.74) is 0. The molecule has 0 spiro atoms.